The van der Waals surface area contributed by atoms with E-state index in [1.807, 2.05) is 25.1 Å². The minimum atomic E-state index is -0.461. The molecule has 0 aliphatic rings. The van der Waals surface area contributed by atoms with E-state index in [1.54, 1.807) is 0 Å². The summed E-state index contributed by atoms with van der Waals surface area (Å²) < 4.78 is 1.01. The third kappa shape index (κ3) is 1.24. The van der Waals surface area contributed by atoms with Crippen molar-refractivity contribution in [3.63, 3.8) is 0 Å². The molecule has 0 atom stereocenters. The summed E-state index contributed by atoms with van der Waals surface area (Å²) in [4.78, 5) is 11.1. The average molecular weight is 206 g/mol. The smallest absolute Gasteiger partial charge is 0.252 e. The van der Waals surface area contributed by atoms with E-state index in [-0.39, 0.29) is 0 Å². The molecule has 3 nitrogen and oxygen atoms in total. The quantitative estimate of drug-likeness (QED) is 0.748. The number of rotatable bonds is 1. The van der Waals surface area contributed by atoms with E-state index in [0.29, 0.717) is 10.6 Å². The van der Waals surface area contributed by atoms with Gasteiger partial charge < -0.3 is 11.5 Å². The summed E-state index contributed by atoms with van der Waals surface area (Å²) in [5.74, 6) is -0.461. The molecule has 0 aliphatic heterocycles. The van der Waals surface area contributed by atoms with Gasteiger partial charge in [-0.05, 0) is 18.6 Å². The minimum Gasteiger partial charge on any atom is -0.390 e. The van der Waals surface area contributed by atoms with Gasteiger partial charge >= 0.3 is 0 Å². The summed E-state index contributed by atoms with van der Waals surface area (Å²) in [7, 11) is 0. The Hall–Kier alpha value is -1.55. The third-order valence-electron chi connectivity index (χ3n) is 2.12. The SMILES string of the molecule is Cc1ccc2c(C(N)=O)c(N)sc2c1. The van der Waals surface area contributed by atoms with Gasteiger partial charge in [0.1, 0.15) is 0 Å². The summed E-state index contributed by atoms with van der Waals surface area (Å²) in [6.07, 6.45) is 0. The number of nitrogen functional groups attached to an aromatic ring is 1. The fourth-order valence-electron chi connectivity index (χ4n) is 1.48. The molecule has 4 N–H and O–H groups in total. The molecule has 0 spiro atoms. The second-order valence-corrected chi connectivity index (χ2v) is 4.29. The van der Waals surface area contributed by atoms with E-state index >= 15 is 0 Å². The molecule has 4 heteroatoms. The highest BCUT2D eigenvalue weighted by atomic mass is 32.1. The van der Waals surface area contributed by atoms with Crippen molar-refractivity contribution in [2.45, 2.75) is 6.92 Å². The van der Waals surface area contributed by atoms with Crippen molar-refractivity contribution in [2.75, 3.05) is 5.73 Å². The fraction of sp³-hybridized carbons (Fsp3) is 0.100. The van der Waals surface area contributed by atoms with Gasteiger partial charge in [0, 0.05) is 10.1 Å². The van der Waals surface area contributed by atoms with Gasteiger partial charge in [0.15, 0.2) is 0 Å². The lowest BCUT2D eigenvalue weighted by atomic mass is 10.1. The average Bonchev–Trinajstić information content (AvgIpc) is 2.39. The second-order valence-electron chi connectivity index (χ2n) is 3.21. The number of thiophene rings is 1. The van der Waals surface area contributed by atoms with Crippen LogP contribution in [0.3, 0.4) is 0 Å². The van der Waals surface area contributed by atoms with Crippen LogP contribution in [-0.4, -0.2) is 5.91 Å². The summed E-state index contributed by atoms with van der Waals surface area (Å²) in [5, 5.41) is 1.35. The molecule has 1 aromatic heterocycles. The molecule has 2 rings (SSSR count). The molecule has 0 radical (unpaired) electrons. The van der Waals surface area contributed by atoms with E-state index in [2.05, 4.69) is 0 Å². The van der Waals surface area contributed by atoms with Crippen LogP contribution in [0.5, 0.6) is 0 Å². The first-order valence-corrected chi connectivity index (χ1v) is 4.99. The highest BCUT2D eigenvalue weighted by Crippen LogP contribution is 2.33. The second kappa shape index (κ2) is 2.99. The summed E-state index contributed by atoms with van der Waals surface area (Å²) in [6.45, 7) is 2.00. The van der Waals surface area contributed by atoms with Gasteiger partial charge in [-0.2, -0.15) is 0 Å². The highest BCUT2D eigenvalue weighted by molar-refractivity contribution is 7.23. The predicted molar refractivity (Wildman–Crippen MR) is 59.5 cm³/mol. The number of hydrogen-bond acceptors (Lipinski definition) is 3. The Labute approximate surface area is 85.3 Å². The molecule has 14 heavy (non-hydrogen) atoms. The first-order chi connectivity index (χ1) is 6.59. The normalized spacial score (nSPS) is 10.6. The molecule has 0 unspecified atom stereocenters. The molecule has 0 bridgehead atoms. The van der Waals surface area contributed by atoms with Gasteiger partial charge in [-0.3, -0.25) is 4.79 Å². The maximum absolute atomic E-state index is 11.1. The zero-order chi connectivity index (χ0) is 10.3. The molecule has 1 aromatic carbocycles. The number of nitrogens with two attached hydrogens (primary N) is 2. The van der Waals surface area contributed by atoms with Crippen molar-refractivity contribution < 1.29 is 4.79 Å². The predicted octanol–water partition coefficient (Wildman–Crippen LogP) is 1.89. The lowest BCUT2D eigenvalue weighted by molar-refractivity contribution is 0.100. The molecule has 0 aliphatic carbocycles. The van der Waals surface area contributed by atoms with Crippen molar-refractivity contribution in [2.24, 2.45) is 5.73 Å². The first kappa shape index (κ1) is 9.02. The van der Waals surface area contributed by atoms with E-state index < -0.39 is 5.91 Å². The van der Waals surface area contributed by atoms with Gasteiger partial charge in [0.2, 0.25) is 0 Å². The Bertz CT molecular complexity index is 516. The lowest BCUT2D eigenvalue weighted by Gasteiger charge is -1.95. The summed E-state index contributed by atoms with van der Waals surface area (Å²) in [5.41, 5.74) is 12.6. The minimum absolute atomic E-state index is 0.449. The lowest BCUT2D eigenvalue weighted by Crippen LogP contribution is -2.11. The van der Waals surface area contributed by atoms with Crippen LogP contribution in [0.2, 0.25) is 0 Å². The first-order valence-electron chi connectivity index (χ1n) is 4.18. The van der Waals surface area contributed by atoms with Crippen molar-refractivity contribution in [1.29, 1.82) is 0 Å². The highest BCUT2D eigenvalue weighted by Gasteiger charge is 2.13. The van der Waals surface area contributed by atoms with Gasteiger partial charge in [0.25, 0.3) is 5.91 Å². The Balaban J connectivity index is 2.84. The van der Waals surface area contributed by atoms with Gasteiger partial charge in [-0.15, -0.1) is 11.3 Å². The maximum Gasteiger partial charge on any atom is 0.252 e. The molecule has 0 saturated heterocycles. The van der Waals surface area contributed by atoms with Crippen molar-refractivity contribution in [3.05, 3.63) is 29.3 Å². The standard InChI is InChI=1S/C10H10N2OS/c1-5-2-3-6-7(4-5)14-10(12)8(6)9(11)13/h2-4H,12H2,1H3,(H2,11,13). The van der Waals surface area contributed by atoms with Crippen molar-refractivity contribution in [3.8, 4) is 0 Å². The van der Waals surface area contributed by atoms with Crippen LogP contribution in [0.25, 0.3) is 10.1 Å². The van der Waals surface area contributed by atoms with E-state index in [0.717, 1.165) is 15.6 Å². The number of amides is 1. The zero-order valence-corrected chi connectivity index (χ0v) is 8.52. The molecule has 1 amide bonds. The van der Waals surface area contributed by atoms with Gasteiger partial charge in [0.05, 0.1) is 10.6 Å². The Kier molecular flexibility index (Phi) is 1.93. The van der Waals surface area contributed by atoms with Crippen LogP contribution in [-0.2, 0) is 0 Å². The van der Waals surface area contributed by atoms with Crippen molar-refractivity contribution >= 4 is 32.3 Å². The molecule has 0 saturated carbocycles. The monoisotopic (exact) mass is 206 g/mol. The Morgan fingerprint density at radius 1 is 1.43 bits per heavy atom. The number of carbonyl (C=O) groups excluding carboxylic acids is 1. The molecule has 1 heterocycles. The molecule has 72 valence electrons. The van der Waals surface area contributed by atoms with Crippen LogP contribution < -0.4 is 11.5 Å². The van der Waals surface area contributed by atoms with Gasteiger partial charge in [-0.25, -0.2) is 0 Å². The molecule has 0 fully saturated rings. The number of primary amides is 1. The number of carbonyl (C=O) groups is 1. The maximum atomic E-state index is 11.1. The summed E-state index contributed by atoms with van der Waals surface area (Å²) in [6, 6.07) is 5.83. The van der Waals surface area contributed by atoms with Gasteiger partial charge in [-0.1, -0.05) is 12.1 Å². The van der Waals surface area contributed by atoms with E-state index in [1.165, 1.54) is 11.3 Å². The van der Waals surface area contributed by atoms with Crippen LogP contribution in [0.4, 0.5) is 5.00 Å². The Morgan fingerprint density at radius 2 is 2.14 bits per heavy atom. The fourth-order valence-corrected chi connectivity index (χ4v) is 2.55. The molecular formula is C10H10N2OS. The van der Waals surface area contributed by atoms with Crippen LogP contribution >= 0.6 is 11.3 Å². The molecular weight excluding hydrogens is 196 g/mol. The van der Waals surface area contributed by atoms with Crippen LogP contribution in [0.15, 0.2) is 18.2 Å². The van der Waals surface area contributed by atoms with E-state index in [9.17, 15) is 4.79 Å². The number of hydrogen-bond donors (Lipinski definition) is 2. The zero-order valence-electron chi connectivity index (χ0n) is 7.70. The van der Waals surface area contributed by atoms with Crippen LogP contribution in [0.1, 0.15) is 15.9 Å². The number of benzene rings is 1. The third-order valence-corrected chi connectivity index (χ3v) is 3.10. The van der Waals surface area contributed by atoms with Crippen LogP contribution in [0, 0.1) is 6.92 Å². The largest absolute Gasteiger partial charge is 0.390 e. The van der Waals surface area contributed by atoms with E-state index in [4.69, 9.17) is 11.5 Å². The molecule has 2 aromatic rings. The number of aryl methyl sites for hydroxylation is 1. The topological polar surface area (TPSA) is 69.1 Å². The Morgan fingerprint density at radius 3 is 2.79 bits per heavy atom. The summed E-state index contributed by atoms with van der Waals surface area (Å²) >= 11 is 1.40. The number of fused-ring (bicyclic) bond motifs is 1. The van der Waals surface area contributed by atoms with Crippen molar-refractivity contribution in [1.82, 2.24) is 0 Å². The number of anilines is 1.